The topological polar surface area (TPSA) is 126 Å². The summed E-state index contributed by atoms with van der Waals surface area (Å²) in [5.74, 6) is -0.656. The van der Waals surface area contributed by atoms with Gasteiger partial charge in [-0.05, 0) is 30.3 Å². The van der Waals surface area contributed by atoms with Gasteiger partial charge in [0.1, 0.15) is 5.69 Å². The molecule has 1 aromatic heterocycles. The summed E-state index contributed by atoms with van der Waals surface area (Å²) in [5.41, 5.74) is -0.778. The van der Waals surface area contributed by atoms with Crippen molar-refractivity contribution in [1.29, 1.82) is 0 Å². The zero-order valence-electron chi connectivity index (χ0n) is 16.4. The first-order chi connectivity index (χ1) is 15.0. The van der Waals surface area contributed by atoms with E-state index in [0.29, 0.717) is 22.4 Å². The fourth-order valence-corrected chi connectivity index (χ4v) is 3.68. The Hall–Kier alpha value is -3.74. The SMILES string of the molecule is CC(=O)Nc1ccc2nc(NC(=O)CCNc3ccc(C(F)(F)F)cc3[N+](=O)[O-])sc2c1. The standard InChI is InChI=1S/C19H16F3N5O4S/c1-10(28)24-12-3-5-14-16(9-12)32-18(25-14)26-17(29)6-7-23-13-4-2-11(19(20,21)22)8-15(13)27(30)31/h2-5,8-9,23H,6-7H2,1H3,(H,24,28)(H,25,26,29). The number of halogens is 3. The molecule has 0 saturated carbocycles. The number of rotatable bonds is 7. The highest BCUT2D eigenvalue weighted by molar-refractivity contribution is 7.22. The van der Waals surface area contributed by atoms with Gasteiger partial charge in [0.05, 0.1) is 20.7 Å². The molecule has 3 rings (SSSR count). The van der Waals surface area contributed by atoms with Crippen molar-refractivity contribution < 1.29 is 27.7 Å². The largest absolute Gasteiger partial charge is 0.416 e. The molecule has 0 aliphatic carbocycles. The predicted octanol–water partition coefficient (Wildman–Crippen LogP) is 4.62. The Balaban J connectivity index is 1.61. The lowest BCUT2D eigenvalue weighted by Gasteiger charge is -2.10. The van der Waals surface area contributed by atoms with E-state index in [1.165, 1.54) is 18.3 Å². The van der Waals surface area contributed by atoms with E-state index >= 15 is 0 Å². The lowest BCUT2D eigenvalue weighted by atomic mass is 10.1. The lowest BCUT2D eigenvalue weighted by Crippen LogP contribution is -2.16. The maximum atomic E-state index is 12.8. The van der Waals surface area contributed by atoms with Crippen molar-refractivity contribution >= 4 is 55.6 Å². The van der Waals surface area contributed by atoms with Crippen LogP contribution >= 0.6 is 11.3 Å². The number of hydrogen-bond acceptors (Lipinski definition) is 7. The monoisotopic (exact) mass is 467 g/mol. The summed E-state index contributed by atoms with van der Waals surface area (Å²) in [7, 11) is 0. The van der Waals surface area contributed by atoms with E-state index in [4.69, 9.17) is 0 Å². The summed E-state index contributed by atoms with van der Waals surface area (Å²) in [5, 5.41) is 19.3. The number of anilines is 3. The van der Waals surface area contributed by atoms with Crippen LogP contribution in [0.15, 0.2) is 36.4 Å². The number of fused-ring (bicyclic) bond motifs is 1. The van der Waals surface area contributed by atoms with Crippen LogP contribution in [0.5, 0.6) is 0 Å². The first-order valence-corrected chi connectivity index (χ1v) is 9.92. The van der Waals surface area contributed by atoms with E-state index in [-0.39, 0.29) is 24.6 Å². The summed E-state index contributed by atoms with van der Waals surface area (Å²) < 4.78 is 39.0. The van der Waals surface area contributed by atoms with Gasteiger partial charge in [0, 0.05) is 31.6 Å². The van der Waals surface area contributed by atoms with E-state index in [1.54, 1.807) is 18.2 Å². The summed E-state index contributed by atoms with van der Waals surface area (Å²) in [4.78, 5) is 37.8. The number of nitrogens with zero attached hydrogens (tertiary/aromatic N) is 2. The Morgan fingerprint density at radius 2 is 1.91 bits per heavy atom. The number of nitro benzene ring substituents is 1. The van der Waals surface area contributed by atoms with Gasteiger partial charge in [-0.2, -0.15) is 13.2 Å². The number of nitrogens with one attached hydrogen (secondary N) is 3. The third-order valence-corrected chi connectivity index (χ3v) is 5.08. The Kier molecular flexibility index (Phi) is 6.58. The van der Waals surface area contributed by atoms with Crippen LogP contribution in [0.25, 0.3) is 10.2 Å². The van der Waals surface area contributed by atoms with Gasteiger partial charge in [-0.3, -0.25) is 19.7 Å². The van der Waals surface area contributed by atoms with Crippen molar-refractivity contribution in [2.75, 3.05) is 22.5 Å². The number of carbonyl (C=O) groups is 2. The fraction of sp³-hybridized carbons (Fsp3) is 0.211. The molecule has 1 heterocycles. The number of benzene rings is 2. The quantitative estimate of drug-likeness (QED) is 0.344. The number of alkyl halides is 3. The molecule has 32 heavy (non-hydrogen) atoms. The van der Waals surface area contributed by atoms with Crippen LogP contribution in [-0.4, -0.2) is 28.3 Å². The van der Waals surface area contributed by atoms with Gasteiger partial charge in [0.15, 0.2) is 5.13 Å². The Labute approximate surface area is 182 Å². The second kappa shape index (κ2) is 9.18. The van der Waals surface area contributed by atoms with Gasteiger partial charge in [-0.25, -0.2) is 4.98 Å². The Morgan fingerprint density at radius 1 is 1.16 bits per heavy atom. The van der Waals surface area contributed by atoms with Gasteiger partial charge in [-0.15, -0.1) is 0 Å². The van der Waals surface area contributed by atoms with Gasteiger partial charge >= 0.3 is 6.18 Å². The molecule has 3 N–H and O–H groups in total. The van der Waals surface area contributed by atoms with Crippen LogP contribution in [0, 0.1) is 10.1 Å². The van der Waals surface area contributed by atoms with E-state index < -0.39 is 28.3 Å². The molecule has 0 radical (unpaired) electrons. The number of aromatic nitrogens is 1. The molecule has 0 spiro atoms. The molecule has 0 aliphatic rings. The second-order valence-corrected chi connectivity index (χ2v) is 7.63. The maximum Gasteiger partial charge on any atom is 0.416 e. The van der Waals surface area contributed by atoms with Gasteiger partial charge in [0.25, 0.3) is 5.69 Å². The molecular weight excluding hydrogens is 451 g/mol. The predicted molar refractivity (Wildman–Crippen MR) is 114 cm³/mol. The van der Waals surface area contributed by atoms with Crippen LogP contribution in [0.3, 0.4) is 0 Å². The molecule has 0 saturated heterocycles. The fourth-order valence-electron chi connectivity index (χ4n) is 2.76. The van der Waals surface area contributed by atoms with E-state index in [9.17, 15) is 32.9 Å². The average molecular weight is 467 g/mol. The van der Waals surface area contributed by atoms with Crippen molar-refractivity contribution in [2.45, 2.75) is 19.5 Å². The van der Waals surface area contributed by atoms with Gasteiger partial charge < -0.3 is 16.0 Å². The smallest absolute Gasteiger partial charge is 0.379 e. The van der Waals surface area contributed by atoms with Crippen molar-refractivity contribution in [2.24, 2.45) is 0 Å². The van der Waals surface area contributed by atoms with Crippen LogP contribution in [0.2, 0.25) is 0 Å². The van der Waals surface area contributed by atoms with Gasteiger partial charge in [0.2, 0.25) is 11.8 Å². The molecular formula is C19H16F3N5O4S. The molecule has 9 nitrogen and oxygen atoms in total. The molecule has 2 amide bonds. The molecule has 0 atom stereocenters. The summed E-state index contributed by atoms with van der Waals surface area (Å²) in [6.45, 7) is 1.34. The highest BCUT2D eigenvalue weighted by atomic mass is 32.1. The Bertz CT molecular complexity index is 1200. The molecule has 168 valence electrons. The maximum absolute atomic E-state index is 12.8. The van der Waals surface area contributed by atoms with E-state index in [1.807, 2.05) is 0 Å². The number of hydrogen-bond donors (Lipinski definition) is 3. The minimum absolute atomic E-state index is 0.0460. The normalized spacial score (nSPS) is 11.2. The van der Waals surface area contributed by atoms with Crippen molar-refractivity contribution in [3.63, 3.8) is 0 Å². The number of carbonyl (C=O) groups excluding carboxylic acids is 2. The Morgan fingerprint density at radius 3 is 2.56 bits per heavy atom. The number of nitro groups is 1. The van der Waals surface area contributed by atoms with Crippen LogP contribution < -0.4 is 16.0 Å². The van der Waals surface area contributed by atoms with E-state index in [0.717, 1.165) is 16.8 Å². The van der Waals surface area contributed by atoms with Crippen molar-refractivity contribution in [1.82, 2.24) is 4.98 Å². The minimum atomic E-state index is -4.71. The zero-order chi connectivity index (χ0) is 23.5. The lowest BCUT2D eigenvalue weighted by molar-refractivity contribution is -0.384. The number of thiazole rings is 1. The molecule has 0 aliphatic heterocycles. The van der Waals surface area contributed by atoms with Crippen LogP contribution in [-0.2, 0) is 15.8 Å². The van der Waals surface area contributed by atoms with Crippen LogP contribution in [0.1, 0.15) is 18.9 Å². The second-order valence-electron chi connectivity index (χ2n) is 6.59. The van der Waals surface area contributed by atoms with Crippen LogP contribution in [0.4, 0.5) is 35.4 Å². The summed E-state index contributed by atoms with van der Waals surface area (Å²) >= 11 is 1.20. The molecule has 2 aromatic carbocycles. The minimum Gasteiger partial charge on any atom is -0.379 e. The molecule has 0 fully saturated rings. The first-order valence-electron chi connectivity index (χ1n) is 9.10. The third kappa shape index (κ3) is 5.69. The average Bonchev–Trinajstić information content (AvgIpc) is 3.08. The van der Waals surface area contributed by atoms with Crippen molar-refractivity contribution in [3.05, 3.63) is 52.1 Å². The zero-order valence-corrected chi connectivity index (χ0v) is 17.3. The number of amides is 2. The van der Waals surface area contributed by atoms with Gasteiger partial charge in [-0.1, -0.05) is 11.3 Å². The summed E-state index contributed by atoms with van der Waals surface area (Å²) in [6, 6.07) is 7.22. The highest BCUT2D eigenvalue weighted by Gasteiger charge is 2.33. The first kappa shape index (κ1) is 22.9. The highest BCUT2D eigenvalue weighted by Crippen LogP contribution is 2.35. The van der Waals surface area contributed by atoms with E-state index in [2.05, 4.69) is 20.9 Å². The molecule has 0 unspecified atom stereocenters. The third-order valence-electron chi connectivity index (χ3n) is 4.14. The summed E-state index contributed by atoms with van der Waals surface area (Å²) in [6.07, 6.45) is -4.81. The molecule has 13 heteroatoms. The molecule has 0 bridgehead atoms. The van der Waals surface area contributed by atoms with Crippen molar-refractivity contribution in [3.8, 4) is 0 Å². The molecule has 3 aromatic rings.